The number of halogens is 1. The first kappa shape index (κ1) is 21.6. The van der Waals surface area contributed by atoms with Crippen LogP contribution in [-0.4, -0.2) is 21.5 Å². The van der Waals surface area contributed by atoms with E-state index in [1.807, 2.05) is 19.9 Å². The number of thiocarbonyl (C=S) groups is 1. The van der Waals surface area contributed by atoms with Crippen LogP contribution in [0.25, 0.3) is 11.8 Å². The highest BCUT2D eigenvalue weighted by Crippen LogP contribution is 2.26. The van der Waals surface area contributed by atoms with E-state index in [4.69, 9.17) is 12.2 Å². The molecule has 3 aromatic rings. The van der Waals surface area contributed by atoms with Crippen molar-refractivity contribution in [3.05, 3.63) is 88.5 Å². The topological polar surface area (TPSA) is 54.3 Å². The van der Waals surface area contributed by atoms with Crippen molar-refractivity contribution in [3.63, 3.8) is 0 Å². The summed E-state index contributed by atoms with van der Waals surface area (Å²) in [5.41, 5.74) is 5.25. The Morgan fingerprint density at radius 3 is 2.25 bits per heavy atom. The number of aryl methyl sites for hydroxylation is 2. The zero-order valence-corrected chi connectivity index (χ0v) is 18.8. The average Bonchev–Trinajstić information content (AvgIpc) is 3.05. The zero-order chi connectivity index (χ0) is 23.0. The predicted molar refractivity (Wildman–Crippen MR) is 127 cm³/mol. The number of nitrogens with zero attached hydrogens (tertiary/aromatic N) is 2. The quantitative estimate of drug-likeness (QED) is 0.361. The Balaban J connectivity index is 1.73. The maximum Gasteiger partial charge on any atom is 0.270 e. The van der Waals surface area contributed by atoms with Crippen LogP contribution in [-0.2, 0) is 16.0 Å². The summed E-state index contributed by atoms with van der Waals surface area (Å²) in [6.07, 6.45) is 2.54. The minimum absolute atomic E-state index is 0.0368. The molecule has 2 aromatic carbocycles. The number of rotatable bonds is 4. The van der Waals surface area contributed by atoms with E-state index in [9.17, 15) is 14.0 Å². The van der Waals surface area contributed by atoms with Gasteiger partial charge in [0.25, 0.3) is 11.8 Å². The molecule has 0 unspecified atom stereocenters. The molecule has 1 aromatic heterocycles. The van der Waals surface area contributed by atoms with Crippen LogP contribution in [0.5, 0.6) is 0 Å². The first-order chi connectivity index (χ1) is 15.3. The smallest absolute Gasteiger partial charge is 0.270 e. The third-order valence-corrected chi connectivity index (χ3v) is 5.84. The summed E-state index contributed by atoms with van der Waals surface area (Å²) >= 11 is 5.20. The van der Waals surface area contributed by atoms with Gasteiger partial charge in [-0.15, -0.1) is 0 Å². The number of anilines is 1. The van der Waals surface area contributed by atoms with Crippen LogP contribution < -0.4 is 10.2 Å². The molecule has 7 heteroatoms. The molecule has 0 spiro atoms. The molecule has 0 radical (unpaired) electrons. The molecular formula is C25H22FN3O2S. The number of hydrogen-bond donors (Lipinski definition) is 1. The number of amides is 2. The standard InChI is InChI=1S/C25H22FN3O2S/c1-4-17-5-9-20(10-6-17)28-15(2)13-18(16(28)3)14-22-23(30)27-25(32)29(24(22)31)21-11-7-19(26)8-12-21/h5-14H,4H2,1-3H3,(H,27,30,32)/b22-14+. The van der Waals surface area contributed by atoms with Gasteiger partial charge in [-0.1, -0.05) is 19.1 Å². The highest BCUT2D eigenvalue weighted by molar-refractivity contribution is 7.80. The van der Waals surface area contributed by atoms with Gasteiger partial charge in [-0.05, 0) is 92.2 Å². The fraction of sp³-hybridized carbons (Fsp3) is 0.160. The van der Waals surface area contributed by atoms with Gasteiger partial charge in [0.05, 0.1) is 5.69 Å². The summed E-state index contributed by atoms with van der Waals surface area (Å²) in [6.45, 7) is 6.03. The van der Waals surface area contributed by atoms with Crippen LogP contribution in [0.2, 0.25) is 0 Å². The lowest BCUT2D eigenvalue weighted by molar-refractivity contribution is -0.122. The number of benzene rings is 2. The van der Waals surface area contributed by atoms with Crippen LogP contribution in [0.1, 0.15) is 29.4 Å². The number of hydrogen-bond acceptors (Lipinski definition) is 3. The monoisotopic (exact) mass is 447 g/mol. The third-order valence-electron chi connectivity index (χ3n) is 5.56. The summed E-state index contributed by atoms with van der Waals surface area (Å²) in [5, 5.41) is 2.52. The lowest BCUT2D eigenvalue weighted by Crippen LogP contribution is -2.54. The first-order valence-corrected chi connectivity index (χ1v) is 10.7. The second-order valence-electron chi connectivity index (χ2n) is 7.62. The van der Waals surface area contributed by atoms with Crippen LogP contribution >= 0.6 is 12.2 Å². The van der Waals surface area contributed by atoms with Gasteiger partial charge in [-0.2, -0.15) is 0 Å². The van der Waals surface area contributed by atoms with Crippen LogP contribution in [0.15, 0.2) is 60.2 Å². The lowest BCUT2D eigenvalue weighted by atomic mass is 10.1. The molecule has 5 nitrogen and oxygen atoms in total. The summed E-state index contributed by atoms with van der Waals surface area (Å²) < 4.78 is 15.4. The van der Waals surface area contributed by atoms with E-state index < -0.39 is 17.6 Å². The van der Waals surface area contributed by atoms with Crippen molar-refractivity contribution in [3.8, 4) is 5.69 Å². The van der Waals surface area contributed by atoms with Crippen LogP contribution in [0, 0.1) is 19.7 Å². The van der Waals surface area contributed by atoms with E-state index >= 15 is 0 Å². The Morgan fingerprint density at radius 1 is 1.00 bits per heavy atom. The fourth-order valence-corrected chi connectivity index (χ4v) is 4.13. The molecule has 1 N–H and O–H groups in total. The van der Waals surface area contributed by atoms with E-state index in [1.54, 1.807) is 6.08 Å². The van der Waals surface area contributed by atoms with Gasteiger partial charge in [0.15, 0.2) is 5.11 Å². The molecular weight excluding hydrogens is 425 g/mol. The molecule has 2 heterocycles. The number of carbonyl (C=O) groups is 2. The van der Waals surface area contributed by atoms with Crippen LogP contribution in [0.3, 0.4) is 0 Å². The molecule has 162 valence electrons. The molecule has 0 saturated carbocycles. The van der Waals surface area contributed by atoms with Crippen LogP contribution in [0.4, 0.5) is 10.1 Å². The van der Waals surface area contributed by atoms with Crippen molar-refractivity contribution in [1.82, 2.24) is 9.88 Å². The largest absolute Gasteiger partial charge is 0.318 e. The Morgan fingerprint density at radius 2 is 1.62 bits per heavy atom. The van der Waals surface area contributed by atoms with Gasteiger partial charge < -0.3 is 4.57 Å². The average molecular weight is 448 g/mol. The lowest BCUT2D eigenvalue weighted by Gasteiger charge is -2.28. The molecule has 0 aliphatic carbocycles. The van der Waals surface area contributed by atoms with Crippen molar-refractivity contribution in [2.75, 3.05) is 4.90 Å². The molecule has 0 bridgehead atoms. The number of aromatic nitrogens is 1. The van der Waals surface area contributed by atoms with Gasteiger partial charge in [0, 0.05) is 17.1 Å². The van der Waals surface area contributed by atoms with E-state index in [1.165, 1.54) is 34.7 Å². The minimum Gasteiger partial charge on any atom is -0.318 e. The van der Waals surface area contributed by atoms with Gasteiger partial charge in [0.1, 0.15) is 11.4 Å². The Bertz CT molecular complexity index is 1260. The molecule has 4 rings (SSSR count). The SMILES string of the molecule is CCc1ccc(-n2c(C)cc(/C=C3\C(=O)NC(=S)N(c4ccc(F)cc4)C3=O)c2C)cc1. The fourth-order valence-electron chi connectivity index (χ4n) is 3.85. The molecule has 1 aliphatic rings. The summed E-state index contributed by atoms with van der Waals surface area (Å²) in [7, 11) is 0. The molecule has 32 heavy (non-hydrogen) atoms. The summed E-state index contributed by atoms with van der Waals surface area (Å²) in [4.78, 5) is 27.0. The van der Waals surface area contributed by atoms with Gasteiger partial charge in [0.2, 0.25) is 0 Å². The second-order valence-corrected chi connectivity index (χ2v) is 8.00. The first-order valence-electron chi connectivity index (χ1n) is 10.3. The van der Waals surface area contributed by atoms with Gasteiger partial charge >= 0.3 is 0 Å². The van der Waals surface area contributed by atoms with Gasteiger partial charge in [-0.25, -0.2) is 4.39 Å². The second kappa shape index (κ2) is 8.51. The zero-order valence-electron chi connectivity index (χ0n) is 18.0. The summed E-state index contributed by atoms with van der Waals surface area (Å²) in [6, 6.07) is 15.6. The molecule has 1 aliphatic heterocycles. The van der Waals surface area contributed by atoms with E-state index in [0.717, 1.165) is 29.1 Å². The maximum absolute atomic E-state index is 13.3. The highest BCUT2D eigenvalue weighted by atomic mass is 32.1. The van der Waals surface area contributed by atoms with Crippen molar-refractivity contribution < 1.29 is 14.0 Å². The third kappa shape index (κ3) is 3.87. The van der Waals surface area contributed by atoms with Gasteiger partial charge in [-0.3, -0.25) is 19.8 Å². The van der Waals surface area contributed by atoms with Crippen molar-refractivity contribution in [1.29, 1.82) is 0 Å². The molecule has 1 fully saturated rings. The molecule has 1 saturated heterocycles. The van der Waals surface area contributed by atoms with Crippen molar-refractivity contribution in [2.24, 2.45) is 0 Å². The predicted octanol–water partition coefficient (Wildman–Crippen LogP) is 4.63. The Hall–Kier alpha value is -3.58. The van der Waals surface area contributed by atoms with E-state index in [-0.39, 0.29) is 10.7 Å². The minimum atomic E-state index is -0.560. The van der Waals surface area contributed by atoms with E-state index in [2.05, 4.69) is 41.1 Å². The number of carbonyl (C=O) groups excluding carboxylic acids is 2. The Kier molecular flexibility index (Phi) is 5.76. The molecule has 2 amide bonds. The highest BCUT2D eigenvalue weighted by Gasteiger charge is 2.34. The normalized spacial score (nSPS) is 15.4. The molecule has 0 atom stereocenters. The maximum atomic E-state index is 13.3. The van der Waals surface area contributed by atoms with Crippen molar-refractivity contribution in [2.45, 2.75) is 27.2 Å². The Labute approximate surface area is 191 Å². The van der Waals surface area contributed by atoms with E-state index in [0.29, 0.717) is 5.69 Å². The summed E-state index contributed by atoms with van der Waals surface area (Å²) in [5.74, 6) is -1.54. The number of nitrogens with one attached hydrogen (secondary N) is 1. The van der Waals surface area contributed by atoms with Crippen molar-refractivity contribution >= 4 is 40.9 Å².